The molecule has 2 aromatic heterocycles. The molecular formula is C11H13N3OS. The average molecular weight is 235 g/mol. The normalized spacial score (nSPS) is 20.4. The predicted molar refractivity (Wildman–Crippen MR) is 63.9 cm³/mol. The summed E-state index contributed by atoms with van der Waals surface area (Å²) in [6.45, 7) is 1.80. The number of rotatable bonds is 3. The van der Waals surface area contributed by atoms with Crippen molar-refractivity contribution in [3.63, 3.8) is 0 Å². The van der Waals surface area contributed by atoms with Crippen molar-refractivity contribution in [1.29, 1.82) is 0 Å². The van der Waals surface area contributed by atoms with Gasteiger partial charge in [0.15, 0.2) is 0 Å². The number of fused-ring (bicyclic) bond motifs is 1. The topological polar surface area (TPSA) is 47.0 Å². The molecule has 0 aromatic carbocycles. The number of nitrogens with one attached hydrogen (secondary N) is 1. The summed E-state index contributed by atoms with van der Waals surface area (Å²) < 4.78 is 5.75. The number of thiophene rings is 1. The second-order valence-electron chi connectivity index (χ2n) is 3.92. The van der Waals surface area contributed by atoms with Crippen LogP contribution in [0.5, 0.6) is 5.88 Å². The molecule has 3 rings (SSSR count). The van der Waals surface area contributed by atoms with Crippen molar-refractivity contribution < 1.29 is 4.74 Å². The average Bonchev–Trinajstić information content (AvgIpc) is 2.97. The summed E-state index contributed by atoms with van der Waals surface area (Å²) in [4.78, 5) is 9.37. The number of aromatic nitrogens is 2. The van der Waals surface area contributed by atoms with Gasteiger partial charge in [-0.1, -0.05) is 0 Å². The summed E-state index contributed by atoms with van der Waals surface area (Å²) in [6, 6.07) is 2.49. The van der Waals surface area contributed by atoms with Crippen LogP contribution >= 0.6 is 11.3 Å². The summed E-state index contributed by atoms with van der Waals surface area (Å²) in [5, 5.41) is 6.44. The smallest absolute Gasteiger partial charge is 0.225 e. The van der Waals surface area contributed by atoms with E-state index in [1.807, 2.05) is 11.4 Å². The second-order valence-corrected chi connectivity index (χ2v) is 4.82. The quantitative estimate of drug-likeness (QED) is 0.881. The number of hydrogen-bond acceptors (Lipinski definition) is 5. The minimum absolute atomic E-state index is 0.476. The van der Waals surface area contributed by atoms with Crippen LogP contribution in [-0.4, -0.2) is 29.2 Å². The molecular weight excluding hydrogens is 222 g/mol. The molecule has 1 atom stereocenters. The van der Waals surface area contributed by atoms with Gasteiger partial charge in [0.05, 0.1) is 5.39 Å². The molecule has 1 N–H and O–H groups in total. The predicted octanol–water partition coefficient (Wildman–Crippen LogP) is 1.82. The van der Waals surface area contributed by atoms with E-state index in [4.69, 9.17) is 4.74 Å². The molecule has 2 aromatic rings. The first-order chi connectivity index (χ1) is 7.93. The van der Waals surface area contributed by atoms with Crippen LogP contribution in [0.15, 0.2) is 17.8 Å². The lowest BCUT2D eigenvalue weighted by molar-refractivity contribution is 0.270. The van der Waals surface area contributed by atoms with Gasteiger partial charge in [0.25, 0.3) is 0 Å². The number of ether oxygens (including phenoxy) is 1. The van der Waals surface area contributed by atoms with Crippen molar-refractivity contribution in [2.75, 3.05) is 13.2 Å². The third kappa shape index (κ3) is 1.88. The zero-order valence-electron chi connectivity index (χ0n) is 8.85. The van der Waals surface area contributed by atoms with Gasteiger partial charge in [0.1, 0.15) is 17.8 Å². The van der Waals surface area contributed by atoms with E-state index in [0.29, 0.717) is 18.5 Å². The lowest BCUT2D eigenvalue weighted by Crippen LogP contribution is -2.28. The second kappa shape index (κ2) is 4.35. The Morgan fingerprint density at radius 2 is 2.50 bits per heavy atom. The molecule has 0 bridgehead atoms. The Morgan fingerprint density at radius 3 is 3.38 bits per heavy atom. The van der Waals surface area contributed by atoms with Crippen molar-refractivity contribution in [3.05, 3.63) is 17.8 Å². The van der Waals surface area contributed by atoms with Gasteiger partial charge in [-0.25, -0.2) is 9.97 Å². The maximum atomic E-state index is 5.75. The molecule has 1 fully saturated rings. The molecule has 0 saturated carbocycles. The molecule has 0 amide bonds. The maximum absolute atomic E-state index is 5.75. The van der Waals surface area contributed by atoms with E-state index in [1.165, 1.54) is 12.8 Å². The monoisotopic (exact) mass is 235 g/mol. The van der Waals surface area contributed by atoms with Crippen molar-refractivity contribution >= 4 is 21.6 Å². The molecule has 5 heteroatoms. The van der Waals surface area contributed by atoms with Gasteiger partial charge >= 0.3 is 0 Å². The first kappa shape index (κ1) is 9.99. The fraction of sp³-hybridized carbons (Fsp3) is 0.455. The van der Waals surface area contributed by atoms with E-state index in [2.05, 4.69) is 15.3 Å². The van der Waals surface area contributed by atoms with Crippen molar-refractivity contribution in [2.24, 2.45) is 0 Å². The lowest BCUT2D eigenvalue weighted by atomic mass is 10.2. The number of nitrogens with zero attached hydrogens (tertiary/aromatic N) is 2. The Labute approximate surface area is 97.7 Å². The van der Waals surface area contributed by atoms with Crippen molar-refractivity contribution in [1.82, 2.24) is 15.3 Å². The Balaban J connectivity index is 1.75. The molecule has 1 aliphatic heterocycles. The van der Waals surface area contributed by atoms with E-state index >= 15 is 0 Å². The Morgan fingerprint density at radius 1 is 1.50 bits per heavy atom. The van der Waals surface area contributed by atoms with Crippen LogP contribution in [-0.2, 0) is 0 Å². The molecule has 1 unspecified atom stereocenters. The molecule has 1 aliphatic rings. The largest absolute Gasteiger partial charge is 0.475 e. The highest BCUT2D eigenvalue weighted by molar-refractivity contribution is 7.16. The minimum Gasteiger partial charge on any atom is -0.475 e. The highest BCUT2D eigenvalue weighted by atomic mass is 32.1. The van der Waals surface area contributed by atoms with E-state index in [1.54, 1.807) is 17.7 Å². The van der Waals surface area contributed by atoms with Crippen LogP contribution in [0.1, 0.15) is 12.8 Å². The zero-order chi connectivity index (χ0) is 10.8. The fourth-order valence-electron chi connectivity index (χ4n) is 1.96. The summed E-state index contributed by atoms with van der Waals surface area (Å²) in [5.41, 5.74) is 0. The van der Waals surface area contributed by atoms with Gasteiger partial charge in [-0.2, -0.15) is 0 Å². The first-order valence-electron chi connectivity index (χ1n) is 5.48. The van der Waals surface area contributed by atoms with Gasteiger partial charge in [0, 0.05) is 6.04 Å². The van der Waals surface area contributed by atoms with Gasteiger partial charge in [-0.3, -0.25) is 0 Å². The molecule has 16 heavy (non-hydrogen) atoms. The molecule has 84 valence electrons. The fourth-order valence-corrected chi connectivity index (χ4v) is 2.68. The zero-order valence-corrected chi connectivity index (χ0v) is 9.67. The molecule has 0 spiro atoms. The molecule has 4 nitrogen and oxygen atoms in total. The van der Waals surface area contributed by atoms with E-state index in [-0.39, 0.29) is 0 Å². The van der Waals surface area contributed by atoms with Crippen molar-refractivity contribution in [3.8, 4) is 5.88 Å². The van der Waals surface area contributed by atoms with Crippen LogP contribution < -0.4 is 10.1 Å². The van der Waals surface area contributed by atoms with Crippen LogP contribution in [0, 0.1) is 0 Å². The Kier molecular flexibility index (Phi) is 2.71. The standard InChI is InChI=1S/C11H13N3OS/c1-2-8(12-4-1)6-15-10-9-3-5-16-11(9)14-7-13-10/h3,5,7-8,12H,1-2,4,6H2. The van der Waals surface area contributed by atoms with Crippen LogP contribution in [0.3, 0.4) is 0 Å². The summed E-state index contributed by atoms with van der Waals surface area (Å²) in [6.07, 6.45) is 4.00. The van der Waals surface area contributed by atoms with Gasteiger partial charge in [-0.15, -0.1) is 11.3 Å². The summed E-state index contributed by atoms with van der Waals surface area (Å²) >= 11 is 1.61. The van der Waals surface area contributed by atoms with Crippen LogP contribution in [0.4, 0.5) is 0 Å². The van der Waals surface area contributed by atoms with Gasteiger partial charge in [-0.05, 0) is 30.8 Å². The molecule has 3 heterocycles. The maximum Gasteiger partial charge on any atom is 0.225 e. The molecule has 0 radical (unpaired) electrons. The Hall–Kier alpha value is -1.20. The lowest BCUT2D eigenvalue weighted by Gasteiger charge is -2.11. The van der Waals surface area contributed by atoms with E-state index < -0.39 is 0 Å². The third-order valence-corrected chi connectivity index (χ3v) is 3.63. The number of hydrogen-bond donors (Lipinski definition) is 1. The Bertz CT molecular complexity index is 479. The molecule has 1 saturated heterocycles. The van der Waals surface area contributed by atoms with Crippen molar-refractivity contribution in [2.45, 2.75) is 18.9 Å². The highest BCUT2D eigenvalue weighted by Crippen LogP contribution is 2.25. The first-order valence-corrected chi connectivity index (χ1v) is 6.36. The summed E-state index contributed by atoms with van der Waals surface area (Å²) in [5.74, 6) is 0.708. The molecule has 0 aliphatic carbocycles. The summed E-state index contributed by atoms with van der Waals surface area (Å²) in [7, 11) is 0. The van der Waals surface area contributed by atoms with Crippen LogP contribution in [0.2, 0.25) is 0 Å². The van der Waals surface area contributed by atoms with E-state index in [0.717, 1.165) is 16.8 Å². The SMILES string of the molecule is c1nc(OCC2CCCN2)c2ccsc2n1. The van der Waals surface area contributed by atoms with Gasteiger partial charge in [0.2, 0.25) is 5.88 Å². The minimum atomic E-state index is 0.476. The highest BCUT2D eigenvalue weighted by Gasteiger charge is 2.15. The van der Waals surface area contributed by atoms with Gasteiger partial charge < -0.3 is 10.1 Å². The van der Waals surface area contributed by atoms with Crippen LogP contribution in [0.25, 0.3) is 10.2 Å². The third-order valence-electron chi connectivity index (χ3n) is 2.81. The van der Waals surface area contributed by atoms with E-state index in [9.17, 15) is 0 Å².